The van der Waals surface area contributed by atoms with Crippen molar-refractivity contribution in [2.75, 3.05) is 39.3 Å². The van der Waals surface area contributed by atoms with Gasteiger partial charge in [-0.25, -0.2) is 14.2 Å². The number of hydrogen-bond acceptors (Lipinski definition) is 6. The maximum Gasteiger partial charge on any atom is 0.331 e. The van der Waals surface area contributed by atoms with Gasteiger partial charge < -0.3 is 14.8 Å². The van der Waals surface area contributed by atoms with Gasteiger partial charge in [0, 0.05) is 56.3 Å². The number of aromatic nitrogens is 3. The number of nitrogens with one attached hydrogen (secondary N) is 1. The first-order valence-electron chi connectivity index (χ1n) is 11.7. The van der Waals surface area contributed by atoms with Crippen LogP contribution in [0.4, 0.5) is 4.39 Å². The lowest BCUT2D eigenvalue weighted by Crippen LogP contribution is -2.64. The summed E-state index contributed by atoms with van der Waals surface area (Å²) in [5.41, 5.74) is 4.04. The van der Waals surface area contributed by atoms with Gasteiger partial charge in [0.2, 0.25) is 0 Å². The zero-order valence-corrected chi connectivity index (χ0v) is 20.1. The molecule has 36 heavy (non-hydrogen) atoms. The summed E-state index contributed by atoms with van der Waals surface area (Å²) < 4.78 is 14.7. The maximum absolute atomic E-state index is 13.3. The molecule has 2 amide bonds. The summed E-state index contributed by atoms with van der Waals surface area (Å²) >= 11 is 1.42. The SMILES string of the molecule is O=C(c1ccc2c(c1)[nH]c(=O)n2-c1ccc(F)cc1)N1CC(N2CCN(C(=O)c3cscn3)CC2)C1. The smallest absolute Gasteiger partial charge is 0.331 e. The van der Waals surface area contributed by atoms with Crippen LogP contribution in [-0.4, -0.2) is 86.4 Å². The highest BCUT2D eigenvalue weighted by Crippen LogP contribution is 2.23. The van der Waals surface area contributed by atoms with Crippen LogP contribution >= 0.6 is 11.3 Å². The summed E-state index contributed by atoms with van der Waals surface area (Å²) in [7, 11) is 0. The van der Waals surface area contributed by atoms with Gasteiger partial charge in [-0.15, -0.1) is 11.3 Å². The molecule has 0 unspecified atom stereocenters. The molecule has 2 saturated heterocycles. The van der Waals surface area contributed by atoms with E-state index in [9.17, 15) is 18.8 Å². The summed E-state index contributed by atoms with van der Waals surface area (Å²) in [5.74, 6) is -0.484. The van der Waals surface area contributed by atoms with E-state index in [2.05, 4.69) is 14.9 Å². The van der Waals surface area contributed by atoms with Crippen molar-refractivity contribution in [3.8, 4) is 5.69 Å². The molecular weight excluding hydrogens is 483 g/mol. The summed E-state index contributed by atoms with van der Waals surface area (Å²) in [5, 5.41) is 1.77. The number of rotatable bonds is 4. The van der Waals surface area contributed by atoms with Crippen LogP contribution in [0.3, 0.4) is 0 Å². The lowest BCUT2D eigenvalue weighted by molar-refractivity contribution is 0.00844. The Balaban J connectivity index is 1.09. The number of piperazine rings is 1. The van der Waals surface area contributed by atoms with Crippen LogP contribution in [-0.2, 0) is 0 Å². The molecule has 1 N–H and O–H groups in total. The molecule has 0 saturated carbocycles. The van der Waals surface area contributed by atoms with Gasteiger partial charge in [0.05, 0.1) is 22.2 Å². The minimum atomic E-state index is -0.376. The normalized spacial score (nSPS) is 16.9. The molecule has 2 aromatic heterocycles. The topological polar surface area (TPSA) is 94.5 Å². The number of carbonyl (C=O) groups excluding carboxylic acids is 2. The van der Waals surface area contributed by atoms with Crippen LogP contribution in [0.25, 0.3) is 16.7 Å². The third kappa shape index (κ3) is 3.99. The number of likely N-dealkylation sites (tertiary alicyclic amines) is 1. The third-order valence-electron chi connectivity index (χ3n) is 6.93. The average molecular weight is 507 g/mol. The van der Waals surface area contributed by atoms with Crippen LogP contribution in [0.5, 0.6) is 0 Å². The van der Waals surface area contributed by atoms with E-state index in [-0.39, 0.29) is 29.4 Å². The number of H-pyrrole nitrogens is 1. The van der Waals surface area contributed by atoms with Crippen LogP contribution in [0.1, 0.15) is 20.8 Å². The van der Waals surface area contributed by atoms with Gasteiger partial charge in [-0.3, -0.25) is 19.1 Å². The highest BCUT2D eigenvalue weighted by molar-refractivity contribution is 7.07. The van der Waals surface area contributed by atoms with E-state index >= 15 is 0 Å². The Morgan fingerprint density at radius 2 is 1.72 bits per heavy atom. The van der Waals surface area contributed by atoms with E-state index in [4.69, 9.17) is 0 Å². The molecule has 0 aliphatic carbocycles. The Morgan fingerprint density at radius 1 is 0.972 bits per heavy atom. The van der Waals surface area contributed by atoms with Gasteiger partial charge in [-0.05, 0) is 42.5 Å². The number of carbonyl (C=O) groups is 2. The van der Waals surface area contributed by atoms with E-state index in [1.165, 1.54) is 40.2 Å². The Hall–Kier alpha value is -3.83. The molecule has 4 heterocycles. The Kier molecular flexibility index (Phi) is 5.65. The molecule has 0 atom stereocenters. The molecule has 11 heteroatoms. The number of amides is 2. The van der Waals surface area contributed by atoms with Gasteiger partial charge in [-0.1, -0.05) is 0 Å². The third-order valence-corrected chi connectivity index (χ3v) is 7.52. The van der Waals surface area contributed by atoms with Crippen LogP contribution in [0.2, 0.25) is 0 Å². The molecule has 9 nitrogen and oxygen atoms in total. The molecular formula is C25H23FN6O3S. The second-order valence-corrected chi connectivity index (χ2v) is 9.76. The van der Waals surface area contributed by atoms with Crippen molar-refractivity contribution < 1.29 is 14.0 Å². The Labute approximate surface area is 209 Å². The standard InChI is InChI=1S/C25H23FN6O3S/c26-17-2-4-18(5-3-17)32-22-6-1-16(11-20(22)28-25(32)35)23(33)31-12-19(13-31)29-7-9-30(10-8-29)24(34)21-14-36-15-27-21/h1-6,11,14-15,19H,7-10,12-13H2,(H,28,35). The van der Waals surface area contributed by atoms with Gasteiger partial charge >= 0.3 is 5.69 Å². The fourth-order valence-corrected chi connectivity index (χ4v) is 5.42. The van der Waals surface area contributed by atoms with Gasteiger partial charge in [-0.2, -0.15) is 0 Å². The zero-order valence-electron chi connectivity index (χ0n) is 19.3. The van der Waals surface area contributed by atoms with Crippen LogP contribution < -0.4 is 5.69 Å². The summed E-state index contributed by atoms with van der Waals surface area (Å²) in [6, 6.07) is 11.1. The molecule has 2 fully saturated rings. The Morgan fingerprint density at radius 3 is 2.42 bits per heavy atom. The van der Waals surface area contributed by atoms with Crippen molar-refractivity contribution in [2.45, 2.75) is 6.04 Å². The van der Waals surface area contributed by atoms with E-state index in [1.54, 1.807) is 34.0 Å². The van der Waals surface area contributed by atoms with Crippen molar-refractivity contribution >= 4 is 34.2 Å². The number of benzene rings is 2. The Bertz CT molecular complexity index is 1480. The van der Waals surface area contributed by atoms with Gasteiger partial charge in [0.25, 0.3) is 11.8 Å². The molecule has 2 aliphatic heterocycles. The second-order valence-electron chi connectivity index (χ2n) is 9.04. The summed E-state index contributed by atoms with van der Waals surface area (Å²) in [6.07, 6.45) is 0. The fourth-order valence-electron chi connectivity index (χ4n) is 4.90. The number of nitrogens with zero attached hydrogens (tertiary/aromatic N) is 5. The van der Waals surface area contributed by atoms with Crippen molar-refractivity contribution in [1.82, 2.24) is 29.2 Å². The number of halogens is 1. The monoisotopic (exact) mass is 506 g/mol. The van der Waals surface area contributed by atoms with Crippen LogP contribution in [0, 0.1) is 5.82 Å². The number of fused-ring (bicyclic) bond motifs is 1. The number of hydrogen-bond donors (Lipinski definition) is 1. The number of thiazole rings is 1. The van der Waals surface area contributed by atoms with Crippen LogP contribution in [0.15, 0.2) is 58.1 Å². The van der Waals surface area contributed by atoms with Crippen molar-refractivity contribution in [3.63, 3.8) is 0 Å². The van der Waals surface area contributed by atoms with Gasteiger partial charge in [0.1, 0.15) is 11.5 Å². The molecule has 184 valence electrons. The predicted octanol–water partition coefficient (Wildman–Crippen LogP) is 2.20. The minimum Gasteiger partial charge on any atom is -0.335 e. The zero-order chi connectivity index (χ0) is 24.8. The molecule has 0 radical (unpaired) electrons. The average Bonchev–Trinajstić information content (AvgIpc) is 3.51. The lowest BCUT2D eigenvalue weighted by Gasteiger charge is -2.48. The van der Waals surface area contributed by atoms with E-state index in [0.717, 1.165) is 13.1 Å². The molecule has 6 rings (SSSR count). The highest BCUT2D eigenvalue weighted by atomic mass is 32.1. The first kappa shape index (κ1) is 22.6. The molecule has 2 aliphatic rings. The highest BCUT2D eigenvalue weighted by Gasteiger charge is 2.37. The summed E-state index contributed by atoms with van der Waals surface area (Å²) in [6.45, 7) is 4.10. The lowest BCUT2D eigenvalue weighted by atomic mass is 10.0. The number of aromatic amines is 1. The molecule has 0 spiro atoms. The van der Waals surface area contributed by atoms with Crippen molar-refractivity contribution in [3.05, 3.63) is 80.9 Å². The second kappa shape index (κ2) is 8.99. The largest absolute Gasteiger partial charge is 0.335 e. The minimum absolute atomic E-state index is 0.0250. The molecule has 2 aromatic carbocycles. The quantitative estimate of drug-likeness (QED) is 0.458. The van der Waals surface area contributed by atoms with Crippen molar-refractivity contribution in [1.29, 1.82) is 0 Å². The predicted molar refractivity (Wildman–Crippen MR) is 133 cm³/mol. The molecule has 4 aromatic rings. The first-order chi connectivity index (χ1) is 17.5. The van der Waals surface area contributed by atoms with Gasteiger partial charge in [0.15, 0.2) is 0 Å². The molecule has 0 bridgehead atoms. The fraction of sp³-hybridized carbons (Fsp3) is 0.280. The number of imidazole rings is 1. The first-order valence-corrected chi connectivity index (χ1v) is 12.6. The van der Waals surface area contributed by atoms with Crippen molar-refractivity contribution in [2.24, 2.45) is 0 Å². The summed E-state index contributed by atoms with van der Waals surface area (Å²) in [4.78, 5) is 51.0. The van der Waals surface area contributed by atoms with E-state index in [1.807, 2.05) is 4.90 Å². The van der Waals surface area contributed by atoms with E-state index < -0.39 is 0 Å². The maximum atomic E-state index is 13.3. The van der Waals surface area contributed by atoms with E-state index in [0.29, 0.717) is 54.2 Å².